The number of carboxylic acids is 1. The summed E-state index contributed by atoms with van der Waals surface area (Å²) in [6.07, 6.45) is 11.0. The zero-order valence-electron chi connectivity index (χ0n) is 11.8. The molecule has 0 radical (unpaired) electrons. The van der Waals surface area contributed by atoms with Crippen LogP contribution in [0.2, 0.25) is 0 Å². The molecule has 0 heterocycles. The smallest absolute Gasteiger partial charge is 0.303 e. The molecule has 0 spiro atoms. The number of unbranched alkanes of at least 4 members (excludes halogenated alkanes) is 2. The summed E-state index contributed by atoms with van der Waals surface area (Å²) >= 11 is 0. The molecule has 0 aromatic rings. The first kappa shape index (κ1) is 16.0. The molecule has 0 aromatic heterocycles. The molecule has 2 N–H and O–H groups in total. The van der Waals surface area contributed by atoms with Crippen molar-refractivity contribution in [3.8, 4) is 0 Å². The lowest BCUT2D eigenvalue weighted by Crippen LogP contribution is -2.24. The molecule has 0 aromatic carbocycles. The van der Waals surface area contributed by atoms with E-state index in [0.29, 0.717) is 19.4 Å². The highest BCUT2D eigenvalue weighted by molar-refractivity contribution is 5.75. The zero-order chi connectivity index (χ0) is 13.9. The quantitative estimate of drug-likeness (QED) is 0.599. The molecule has 1 amide bonds. The van der Waals surface area contributed by atoms with E-state index in [1.165, 1.54) is 32.1 Å². The molecular formula is C15H27NO3. The fourth-order valence-corrected chi connectivity index (χ4v) is 2.74. The van der Waals surface area contributed by atoms with Crippen LogP contribution in [0.1, 0.15) is 70.6 Å². The SMILES string of the molecule is O=C(O)CCCCCNC(=O)CCCC1CCCC1. The van der Waals surface area contributed by atoms with Crippen molar-refractivity contribution in [3.05, 3.63) is 0 Å². The Hall–Kier alpha value is -1.06. The molecule has 0 saturated heterocycles. The van der Waals surface area contributed by atoms with Crippen molar-refractivity contribution in [3.63, 3.8) is 0 Å². The molecule has 1 fully saturated rings. The largest absolute Gasteiger partial charge is 0.481 e. The number of rotatable bonds is 10. The predicted molar refractivity (Wildman–Crippen MR) is 74.9 cm³/mol. The van der Waals surface area contributed by atoms with Crippen LogP contribution in [0.4, 0.5) is 0 Å². The van der Waals surface area contributed by atoms with Crippen LogP contribution in [-0.4, -0.2) is 23.5 Å². The second kappa shape index (κ2) is 9.82. The van der Waals surface area contributed by atoms with Gasteiger partial charge in [0, 0.05) is 19.4 Å². The minimum absolute atomic E-state index is 0.149. The third-order valence-corrected chi connectivity index (χ3v) is 3.88. The Morgan fingerprint density at radius 3 is 2.42 bits per heavy atom. The molecule has 1 aliphatic carbocycles. The summed E-state index contributed by atoms with van der Waals surface area (Å²) in [6, 6.07) is 0. The first-order valence-electron chi connectivity index (χ1n) is 7.67. The Bertz CT molecular complexity index is 273. The van der Waals surface area contributed by atoms with Crippen LogP contribution >= 0.6 is 0 Å². The number of carbonyl (C=O) groups excluding carboxylic acids is 1. The van der Waals surface area contributed by atoms with Gasteiger partial charge in [0.2, 0.25) is 5.91 Å². The lowest BCUT2D eigenvalue weighted by molar-refractivity contribution is -0.137. The van der Waals surface area contributed by atoms with Crippen LogP contribution in [0.3, 0.4) is 0 Å². The second-order valence-corrected chi connectivity index (χ2v) is 5.60. The molecule has 1 aliphatic rings. The lowest BCUT2D eigenvalue weighted by atomic mass is 10.0. The monoisotopic (exact) mass is 269 g/mol. The van der Waals surface area contributed by atoms with Crippen molar-refractivity contribution in [2.24, 2.45) is 5.92 Å². The van der Waals surface area contributed by atoms with E-state index in [4.69, 9.17) is 5.11 Å². The topological polar surface area (TPSA) is 66.4 Å². The van der Waals surface area contributed by atoms with E-state index < -0.39 is 5.97 Å². The van der Waals surface area contributed by atoms with Crippen LogP contribution in [0, 0.1) is 5.92 Å². The third-order valence-electron chi connectivity index (χ3n) is 3.88. The van der Waals surface area contributed by atoms with Crippen molar-refractivity contribution in [1.29, 1.82) is 0 Å². The molecule has 0 aliphatic heterocycles. The van der Waals surface area contributed by atoms with Crippen LogP contribution in [0.15, 0.2) is 0 Å². The lowest BCUT2D eigenvalue weighted by Gasteiger charge is -2.08. The predicted octanol–water partition coefficient (Wildman–Crippen LogP) is 3.11. The molecular weight excluding hydrogens is 242 g/mol. The Morgan fingerprint density at radius 1 is 1.00 bits per heavy atom. The van der Waals surface area contributed by atoms with E-state index in [1.807, 2.05) is 0 Å². The summed E-state index contributed by atoms with van der Waals surface area (Å²) < 4.78 is 0. The average molecular weight is 269 g/mol. The maximum atomic E-state index is 11.6. The van der Waals surface area contributed by atoms with Crippen molar-refractivity contribution in [2.75, 3.05) is 6.54 Å². The van der Waals surface area contributed by atoms with Crippen molar-refractivity contribution >= 4 is 11.9 Å². The van der Waals surface area contributed by atoms with Gasteiger partial charge in [-0.05, 0) is 31.6 Å². The van der Waals surface area contributed by atoms with Gasteiger partial charge in [-0.1, -0.05) is 32.1 Å². The number of carbonyl (C=O) groups is 2. The number of nitrogens with one attached hydrogen (secondary N) is 1. The first-order chi connectivity index (χ1) is 9.18. The summed E-state index contributed by atoms with van der Waals surface area (Å²) in [5.41, 5.74) is 0. The fourth-order valence-electron chi connectivity index (χ4n) is 2.74. The van der Waals surface area contributed by atoms with Gasteiger partial charge < -0.3 is 10.4 Å². The van der Waals surface area contributed by atoms with Crippen LogP contribution in [0.25, 0.3) is 0 Å². The van der Waals surface area contributed by atoms with Gasteiger partial charge in [0.25, 0.3) is 0 Å². The fraction of sp³-hybridized carbons (Fsp3) is 0.867. The van der Waals surface area contributed by atoms with Crippen LogP contribution in [-0.2, 0) is 9.59 Å². The second-order valence-electron chi connectivity index (χ2n) is 5.60. The van der Waals surface area contributed by atoms with E-state index >= 15 is 0 Å². The number of hydrogen-bond donors (Lipinski definition) is 2. The van der Waals surface area contributed by atoms with E-state index in [9.17, 15) is 9.59 Å². The minimum atomic E-state index is -0.740. The highest BCUT2D eigenvalue weighted by Crippen LogP contribution is 2.28. The van der Waals surface area contributed by atoms with Gasteiger partial charge >= 0.3 is 5.97 Å². The summed E-state index contributed by atoms with van der Waals surface area (Å²) in [6.45, 7) is 0.682. The van der Waals surface area contributed by atoms with Gasteiger partial charge in [-0.25, -0.2) is 0 Å². The Morgan fingerprint density at radius 2 is 1.74 bits per heavy atom. The summed E-state index contributed by atoms with van der Waals surface area (Å²) in [7, 11) is 0. The minimum Gasteiger partial charge on any atom is -0.481 e. The van der Waals surface area contributed by atoms with E-state index in [1.54, 1.807) is 0 Å². The molecule has 0 bridgehead atoms. The normalized spacial score (nSPS) is 15.6. The van der Waals surface area contributed by atoms with E-state index in [0.717, 1.165) is 25.2 Å². The maximum absolute atomic E-state index is 11.6. The molecule has 19 heavy (non-hydrogen) atoms. The molecule has 0 unspecified atom stereocenters. The third kappa shape index (κ3) is 8.62. The van der Waals surface area contributed by atoms with Gasteiger partial charge in [-0.2, -0.15) is 0 Å². The summed E-state index contributed by atoms with van der Waals surface area (Å²) in [4.78, 5) is 21.9. The molecule has 110 valence electrons. The standard InChI is InChI=1S/C15H27NO3/c17-14(10-6-9-13-7-3-4-8-13)16-12-5-1-2-11-15(18)19/h13H,1-12H2,(H,16,17)(H,18,19). The van der Waals surface area contributed by atoms with Crippen molar-refractivity contribution in [1.82, 2.24) is 5.32 Å². The van der Waals surface area contributed by atoms with Crippen molar-refractivity contribution in [2.45, 2.75) is 70.6 Å². The first-order valence-corrected chi connectivity index (χ1v) is 7.67. The maximum Gasteiger partial charge on any atom is 0.303 e. The highest BCUT2D eigenvalue weighted by atomic mass is 16.4. The van der Waals surface area contributed by atoms with Gasteiger partial charge in [0.15, 0.2) is 0 Å². The summed E-state index contributed by atoms with van der Waals surface area (Å²) in [5, 5.41) is 11.4. The van der Waals surface area contributed by atoms with Crippen LogP contribution in [0.5, 0.6) is 0 Å². The Balaban J connectivity index is 1.86. The van der Waals surface area contributed by atoms with Gasteiger partial charge in [-0.3, -0.25) is 9.59 Å². The number of hydrogen-bond acceptors (Lipinski definition) is 2. The number of aliphatic carboxylic acids is 1. The molecule has 1 rings (SSSR count). The number of carboxylic acid groups (broad SMARTS) is 1. The molecule has 4 heteroatoms. The van der Waals surface area contributed by atoms with E-state index in [-0.39, 0.29) is 12.3 Å². The molecule has 0 atom stereocenters. The zero-order valence-corrected chi connectivity index (χ0v) is 11.8. The van der Waals surface area contributed by atoms with Crippen molar-refractivity contribution < 1.29 is 14.7 Å². The van der Waals surface area contributed by atoms with E-state index in [2.05, 4.69) is 5.32 Å². The summed E-state index contributed by atoms with van der Waals surface area (Å²) in [5.74, 6) is 0.274. The van der Waals surface area contributed by atoms with Gasteiger partial charge in [0.05, 0.1) is 0 Å². The average Bonchev–Trinajstić information content (AvgIpc) is 2.86. The number of amides is 1. The van der Waals surface area contributed by atoms with Gasteiger partial charge in [0.1, 0.15) is 0 Å². The Kier molecular flexibility index (Phi) is 8.26. The van der Waals surface area contributed by atoms with Gasteiger partial charge in [-0.15, -0.1) is 0 Å². The van der Waals surface area contributed by atoms with Crippen LogP contribution < -0.4 is 5.32 Å². The highest BCUT2D eigenvalue weighted by Gasteiger charge is 2.14. The molecule has 1 saturated carbocycles. The molecule has 4 nitrogen and oxygen atoms in total. The Labute approximate surface area is 116 Å².